The van der Waals surface area contributed by atoms with Crippen molar-refractivity contribution in [3.63, 3.8) is 0 Å². The lowest BCUT2D eigenvalue weighted by Crippen LogP contribution is -1.66. The van der Waals surface area contributed by atoms with E-state index in [4.69, 9.17) is 0 Å². The molecular weight excluding hydrogens is 192 g/mol. The maximum atomic E-state index is 10.4. The number of carbonyl (C=O) groups excluding carboxylic acids is 2. The zero-order valence-electron chi connectivity index (χ0n) is 5.94. The second-order valence-electron chi connectivity index (χ2n) is 2.28. The molecule has 2 nitrogen and oxygen atoms in total. The van der Waals surface area contributed by atoms with Crippen LogP contribution >= 0.6 is 22.7 Å². The van der Waals surface area contributed by atoms with Gasteiger partial charge in [-0.1, -0.05) is 0 Å². The van der Waals surface area contributed by atoms with Gasteiger partial charge in [0.25, 0.3) is 0 Å². The van der Waals surface area contributed by atoms with Crippen molar-refractivity contribution >= 4 is 44.6 Å². The molecule has 0 saturated heterocycles. The predicted molar refractivity (Wildman–Crippen MR) is 50.5 cm³/mol. The van der Waals surface area contributed by atoms with Crippen molar-refractivity contribution < 1.29 is 9.59 Å². The van der Waals surface area contributed by atoms with Crippen molar-refractivity contribution in [2.75, 3.05) is 0 Å². The van der Waals surface area contributed by atoms with Crippen LogP contribution in [0.1, 0.15) is 19.3 Å². The molecule has 0 aromatic carbocycles. The maximum Gasteiger partial charge on any atom is 0.160 e. The third-order valence-corrected chi connectivity index (χ3v) is 3.73. The van der Waals surface area contributed by atoms with Crippen molar-refractivity contribution in [2.24, 2.45) is 0 Å². The molecule has 0 radical (unpaired) electrons. The minimum absolute atomic E-state index is 0.716. The molecule has 0 aliphatic rings. The van der Waals surface area contributed by atoms with Crippen LogP contribution in [0.3, 0.4) is 0 Å². The summed E-state index contributed by atoms with van der Waals surface area (Å²) in [4.78, 5) is 22.2. The minimum atomic E-state index is 0.716. The lowest BCUT2D eigenvalue weighted by Gasteiger charge is -1.74. The number of hydrogen-bond acceptors (Lipinski definition) is 4. The van der Waals surface area contributed by atoms with Gasteiger partial charge in [0, 0.05) is 5.39 Å². The second-order valence-corrected chi connectivity index (χ2v) is 4.70. The van der Waals surface area contributed by atoms with Crippen LogP contribution in [0, 0.1) is 0 Å². The Morgan fingerprint density at radius 3 is 1.83 bits per heavy atom. The first-order valence-corrected chi connectivity index (χ1v) is 4.90. The standard InChI is InChI=1S/C8H4O2S2/c9-3-6-1-5-2-7(4-10)12-8(5)11-6/h1-4H. The van der Waals surface area contributed by atoms with Crippen molar-refractivity contribution in [3.05, 3.63) is 21.9 Å². The average molecular weight is 196 g/mol. The zero-order valence-corrected chi connectivity index (χ0v) is 7.58. The summed E-state index contributed by atoms with van der Waals surface area (Å²) < 4.78 is 1.04. The Bertz CT molecular complexity index is 370. The van der Waals surface area contributed by atoms with Gasteiger partial charge in [-0.3, -0.25) is 9.59 Å². The van der Waals surface area contributed by atoms with Crippen LogP contribution < -0.4 is 0 Å². The monoisotopic (exact) mass is 196 g/mol. The molecule has 2 aromatic rings. The summed E-state index contributed by atoms with van der Waals surface area (Å²) in [6, 6.07) is 3.60. The lowest BCUT2D eigenvalue weighted by molar-refractivity contribution is 0.111. The van der Waals surface area contributed by atoms with E-state index in [-0.39, 0.29) is 0 Å². The van der Waals surface area contributed by atoms with Crippen LogP contribution in [-0.4, -0.2) is 12.6 Å². The summed E-state index contributed by atoms with van der Waals surface area (Å²) >= 11 is 2.85. The molecule has 2 heterocycles. The lowest BCUT2D eigenvalue weighted by atomic mass is 10.3. The Labute approximate surface area is 76.4 Å². The molecular formula is C8H4O2S2. The van der Waals surface area contributed by atoms with Gasteiger partial charge in [-0.15, -0.1) is 22.7 Å². The quantitative estimate of drug-likeness (QED) is 0.692. The molecule has 0 aliphatic carbocycles. The van der Waals surface area contributed by atoms with Gasteiger partial charge in [0.1, 0.15) is 0 Å². The highest BCUT2D eigenvalue weighted by Crippen LogP contribution is 2.31. The Hall–Kier alpha value is -1.00. The molecule has 2 aromatic heterocycles. The van der Waals surface area contributed by atoms with E-state index in [1.165, 1.54) is 22.7 Å². The van der Waals surface area contributed by atoms with Gasteiger partial charge in [0.2, 0.25) is 0 Å². The zero-order chi connectivity index (χ0) is 8.55. The Balaban J connectivity index is 2.66. The molecule has 2 rings (SSSR count). The normalized spacial score (nSPS) is 10.3. The third kappa shape index (κ3) is 1.09. The number of fused-ring (bicyclic) bond motifs is 1. The van der Waals surface area contributed by atoms with E-state index < -0.39 is 0 Å². The molecule has 0 saturated carbocycles. The topological polar surface area (TPSA) is 34.1 Å². The summed E-state index contributed by atoms with van der Waals surface area (Å²) in [5.74, 6) is 0. The van der Waals surface area contributed by atoms with E-state index in [1.54, 1.807) is 12.1 Å². The van der Waals surface area contributed by atoms with Gasteiger partial charge in [-0.25, -0.2) is 0 Å². The third-order valence-electron chi connectivity index (χ3n) is 1.48. The van der Waals surface area contributed by atoms with Gasteiger partial charge < -0.3 is 0 Å². The largest absolute Gasteiger partial charge is 0.297 e. The molecule has 0 unspecified atom stereocenters. The summed E-state index contributed by atoms with van der Waals surface area (Å²) in [5, 5.41) is 0.995. The van der Waals surface area contributed by atoms with Crippen molar-refractivity contribution in [1.29, 1.82) is 0 Å². The van der Waals surface area contributed by atoms with Crippen LogP contribution in [0.15, 0.2) is 12.1 Å². The van der Waals surface area contributed by atoms with Gasteiger partial charge in [-0.05, 0) is 12.1 Å². The highest BCUT2D eigenvalue weighted by atomic mass is 32.2. The average Bonchev–Trinajstić information content (AvgIpc) is 2.59. The van der Waals surface area contributed by atoms with Crippen LogP contribution in [0.2, 0.25) is 0 Å². The highest BCUT2D eigenvalue weighted by molar-refractivity contribution is 7.39. The summed E-state index contributed by atoms with van der Waals surface area (Å²) in [5.41, 5.74) is 0. The molecule has 0 atom stereocenters. The first-order valence-electron chi connectivity index (χ1n) is 3.27. The van der Waals surface area contributed by atoms with Crippen molar-refractivity contribution in [2.45, 2.75) is 0 Å². The molecule has 0 fully saturated rings. The molecule has 0 amide bonds. The van der Waals surface area contributed by atoms with Gasteiger partial charge in [0.15, 0.2) is 12.6 Å². The smallest absolute Gasteiger partial charge is 0.160 e. The predicted octanol–water partition coefficient (Wildman–Crippen LogP) is 2.59. The molecule has 0 bridgehead atoms. The van der Waals surface area contributed by atoms with E-state index in [9.17, 15) is 9.59 Å². The number of rotatable bonds is 2. The number of aldehydes is 2. The number of thiophene rings is 2. The van der Waals surface area contributed by atoms with Crippen LogP contribution in [0.25, 0.3) is 9.40 Å². The van der Waals surface area contributed by atoms with E-state index in [0.29, 0.717) is 9.75 Å². The minimum Gasteiger partial charge on any atom is -0.297 e. The van der Waals surface area contributed by atoms with Crippen molar-refractivity contribution in [1.82, 2.24) is 0 Å². The van der Waals surface area contributed by atoms with Crippen LogP contribution in [0.5, 0.6) is 0 Å². The van der Waals surface area contributed by atoms with Gasteiger partial charge in [0.05, 0.1) is 13.8 Å². The van der Waals surface area contributed by atoms with E-state index in [2.05, 4.69) is 0 Å². The second kappa shape index (κ2) is 2.80. The first-order chi connectivity index (χ1) is 5.83. The molecule has 4 heteroatoms. The first kappa shape index (κ1) is 7.64. The summed E-state index contributed by atoms with van der Waals surface area (Å²) in [7, 11) is 0. The van der Waals surface area contributed by atoms with Crippen LogP contribution in [0.4, 0.5) is 0 Å². The van der Waals surface area contributed by atoms with Gasteiger partial charge in [-0.2, -0.15) is 0 Å². The number of hydrogen-bond donors (Lipinski definition) is 0. The molecule has 60 valence electrons. The Morgan fingerprint density at radius 1 is 1.00 bits per heavy atom. The molecule has 0 spiro atoms. The Morgan fingerprint density at radius 2 is 1.50 bits per heavy atom. The molecule has 12 heavy (non-hydrogen) atoms. The summed E-state index contributed by atoms with van der Waals surface area (Å²) in [6.07, 6.45) is 1.66. The van der Waals surface area contributed by atoms with Crippen LogP contribution in [-0.2, 0) is 0 Å². The number of carbonyl (C=O) groups is 2. The van der Waals surface area contributed by atoms with E-state index in [0.717, 1.165) is 22.0 Å². The van der Waals surface area contributed by atoms with E-state index >= 15 is 0 Å². The van der Waals surface area contributed by atoms with Crippen molar-refractivity contribution in [3.8, 4) is 0 Å². The fourth-order valence-corrected chi connectivity index (χ4v) is 3.11. The van der Waals surface area contributed by atoms with E-state index in [1.807, 2.05) is 0 Å². The summed E-state index contributed by atoms with van der Waals surface area (Å²) in [6.45, 7) is 0. The fraction of sp³-hybridized carbons (Fsp3) is 0. The molecule has 0 N–H and O–H groups in total. The maximum absolute atomic E-state index is 10.4. The SMILES string of the molecule is O=Cc1cc2cc(C=O)sc2s1. The van der Waals surface area contributed by atoms with Gasteiger partial charge >= 0.3 is 0 Å². The molecule has 0 aliphatic heterocycles. The highest BCUT2D eigenvalue weighted by Gasteiger charge is 2.04. The Kier molecular flexibility index (Phi) is 1.78. The fourth-order valence-electron chi connectivity index (χ4n) is 0.994.